The Bertz CT molecular complexity index is 1460. The average Bonchev–Trinajstić information content (AvgIpc) is 3.35. The molecule has 0 saturated carbocycles. The number of nitrogens with one attached hydrogen (secondary N) is 1. The van der Waals surface area contributed by atoms with Crippen molar-refractivity contribution in [1.29, 1.82) is 0 Å². The van der Waals surface area contributed by atoms with E-state index in [1.165, 1.54) is 0 Å². The molecule has 2 aromatic carbocycles. The molecule has 0 aliphatic carbocycles. The van der Waals surface area contributed by atoms with Crippen molar-refractivity contribution in [1.82, 2.24) is 24.3 Å². The van der Waals surface area contributed by atoms with Gasteiger partial charge in [0.2, 0.25) is 0 Å². The van der Waals surface area contributed by atoms with Gasteiger partial charge in [0, 0.05) is 18.3 Å². The highest BCUT2D eigenvalue weighted by molar-refractivity contribution is 5.99. The van der Waals surface area contributed by atoms with Crippen molar-refractivity contribution in [2.75, 3.05) is 0 Å². The summed E-state index contributed by atoms with van der Waals surface area (Å²) < 4.78 is 4.01. The summed E-state index contributed by atoms with van der Waals surface area (Å²) in [5, 5.41) is 3.09. The van der Waals surface area contributed by atoms with Crippen molar-refractivity contribution in [3.05, 3.63) is 89.5 Å². The van der Waals surface area contributed by atoms with Gasteiger partial charge in [-0.05, 0) is 50.6 Å². The lowest BCUT2D eigenvalue weighted by atomic mass is 10.1. The Hall–Kier alpha value is -3.93. The van der Waals surface area contributed by atoms with E-state index in [4.69, 9.17) is 9.97 Å². The van der Waals surface area contributed by atoms with E-state index in [1.54, 1.807) is 0 Å². The lowest BCUT2D eigenvalue weighted by Gasteiger charge is -2.10. The van der Waals surface area contributed by atoms with E-state index < -0.39 is 0 Å². The van der Waals surface area contributed by atoms with Crippen molar-refractivity contribution >= 4 is 22.6 Å². The zero-order valence-corrected chi connectivity index (χ0v) is 18.5. The molecule has 0 atom stereocenters. The van der Waals surface area contributed by atoms with Crippen molar-refractivity contribution < 1.29 is 4.79 Å². The predicted molar refractivity (Wildman–Crippen MR) is 127 cm³/mol. The number of pyridine rings is 1. The summed E-state index contributed by atoms with van der Waals surface area (Å²) in [6.45, 7) is 7.26. The van der Waals surface area contributed by atoms with Gasteiger partial charge in [-0.15, -0.1) is 0 Å². The highest BCUT2D eigenvalue weighted by Crippen LogP contribution is 2.26. The maximum atomic E-state index is 13.5. The standard InChI is InChI=1S/C26H25N5O/c1-4-30-21-11-6-5-10-20(21)28-23(30)15-27-26(32)25-24(19-9-7-8-17(2)14-19)29-22-13-12-18(3)16-31(22)25/h5-14,16H,4,15H2,1-3H3,(H,27,32). The molecule has 0 saturated heterocycles. The fourth-order valence-corrected chi connectivity index (χ4v) is 4.22. The first-order valence-electron chi connectivity index (χ1n) is 10.8. The summed E-state index contributed by atoms with van der Waals surface area (Å²) in [6.07, 6.45) is 1.96. The Kier molecular flexibility index (Phi) is 4.98. The molecule has 5 rings (SSSR count). The first kappa shape index (κ1) is 20.0. The first-order chi connectivity index (χ1) is 15.5. The number of aromatic nitrogens is 4. The van der Waals surface area contributed by atoms with Crippen molar-refractivity contribution in [2.24, 2.45) is 0 Å². The molecular formula is C26H25N5O. The summed E-state index contributed by atoms with van der Waals surface area (Å²) in [4.78, 5) is 23.0. The Morgan fingerprint density at radius 3 is 2.62 bits per heavy atom. The van der Waals surface area contributed by atoms with E-state index in [1.807, 2.05) is 73.0 Å². The number of nitrogens with zero attached hydrogens (tertiary/aromatic N) is 4. The van der Waals surface area contributed by atoms with Gasteiger partial charge in [-0.3, -0.25) is 9.20 Å². The van der Waals surface area contributed by atoms with E-state index in [0.29, 0.717) is 17.9 Å². The van der Waals surface area contributed by atoms with Crippen molar-refractivity contribution in [3.8, 4) is 11.3 Å². The van der Waals surface area contributed by atoms with Crippen LogP contribution in [0.2, 0.25) is 0 Å². The Morgan fingerprint density at radius 1 is 0.969 bits per heavy atom. The maximum absolute atomic E-state index is 13.5. The summed E-state index contributed by atoms with van der Waals surface area (Å²) >= 11 is 0. The second-order valence-electron chi connectivity index (χ2n) is 8.06. The summed E-state index contributed by atoms with van der Waals surface area (Å²) in [6, 6.07) is 20.1. The van der Waals surface area contributed by atoms with E-state index in [-0.39, 0.29) is 5.91 Å². The molecule has 160 valence electrons. The minimum Gasteiger partial charge on any atom is -0.343 e. The van der Waals surface area contributed by atoms with Crippen LogP contribution in [0.15, 0.2) is 66.9 Å². The van der Waals surface area contributed by atoms with E-state index >= 15 is 0 Å². The van der Waals surface area contributed by atoms with Crippen molar-refractivity contribution in [3.63, 3.8) is 0 Å². The largest absolute Gasteiger partial charge is 0.343 e. The fraction of sp³-hybridized carbons (Fsp3) is 0.192. The Morgan fingerprint density at radius 2 is 1.81 bits per heavy atom. The SMILES string of the molecule is CCn1c(CNC(=O)c2c(-c3cccc(C)c3)nc3ccc(C)cn23)nc2ccccc21. The number of carbonyl (C=O) groups excluding carboxylic acids is 1. The Balaban J connectivity index is 1.55. The second kappa shape index (κ2) is 7.96. The van der Waals surface area contributed by atoms with Crippen LogP contribution in [0.4, 0.5) is 0 Å². The number of para-hydroxylation sites is 2. The molecule has 0 fully saturated rings. The Labute approximate surface area is 186 Å². The van der Waals surface area contributed by atoms with Crippen LogP contribution in [0.1, 0.15) is 34.4 Å². The molecule has 1 amide bonds. The third-order valence-corrected chi connectivity index (χ3v) is 5.73. The van der Waals surface area contributed by atoms with Gasteiger partial charge in [0.15, 0.2) is 0 Å². The van der Waals surface area contributed by atoms with E-state index in [0.717, 1.165) is 45.7 Å². The monoisotopic (exact) mass is 423 g/mol. The van der Waals surface area contributed by atoms with Gasteiger partial charge in [0.05, 0.1) is 17.6 Å². The number of fused-ring (bicyclic) bond motifs is 2. The maximum Gasteiger partial charge on any atom is 0.270 e. The minimum absolute atomic E-state index is 0.172. The number of hydrogen-bond acceptors (Lipinski definition) is 3. The van der Waals surface area contributed by atoms with Gasteiger partial charge >= 0.3 is 0 Å². The average molecular weight is 424 g/mol. The molecule has 6 nitrogen and oxygen atoms in total. The molecule has 1 N–H and O–H groups in total. The zero-order chi connectivity index (χ0) is 22.2. The van der Waals surface area contributed by atoms with Crippen LogP contribution in [0.5, 0.6) is 0 Å². The smallest absolute Gasteiger partial charge is 0.270 e. The van der Waals surface area contributed by atoms with Crippen LogP contribution in [-0.2, 0) is 13.1 Å². The number of amides is 1. The van der Waals surface area contributed by atoms with Gasteiger partial charge < -0.3 is 9.88 Å². The van der Waals surface area contributed by atoms with Crippen LogP contribution >= 0.6 is 0 Å². The first-order valence-corrected chi connectivity index (χ1v) is 10.8. The third-order valence-electron chi connectivity index (χ3n) is 5.73. The normalized spacial score (nSPS) is 11.3. The number of hydrogen-bond donors (Lipinski definition) is 1. The molecule has 32 heavy (non-hydrogen) atoms. The van der Waals surface area contributed by atoms with E-state index in [2.05, 4.69) is 28.9 Å². The second-order valence-corrected chi connectivity index (χ2v) is 8.06. The fourth-order valence-electron chi connectivity index (χ4n) is 4.22. The molecule has 0 bridgehead atoms. The van der Waals surface area contributed by atoms with E-state index in [9.17, 15) is 4.79 Å². The molecule has 5 aromatic rings. The molecule has 0 aliphatic rings. The van der Waals surface area contributed by atoms with Crippen LogP contribution in [0, 0.1) is 13.8 Å². The zero-order valence-electron chi connectivity index (χ0n) is 18.5. The lowest BCUT2D eigenvalue weighted by molar-refractivity contribution is 0.0944. The molecule has 3 heterocycles. The summed E-state index contributed by atoms with van der Waals surface area (Å²) in [7, 11) is 0. The summed E-state index contributed by atoms with van der Waals surface area (Å²) in [5.74, 6) is 0.665. The number of imidazole rings is 2. The van der Waals surface area contributed by atoms with Crippen molar-refractivity contribution in [2.45, 2.75) is 33.9 Å². The molecule has 0 spiro atoms. The van der Waals surface area contributed by atoms with Crippen LogP contribution in [0.25, 0.3) is 27.9 Å². The highest BCUT2D eigenvalue weighted by atomic mass is 16.2. The van der Waals surface area contributed by atoms with Gasteiger partial charge in [-0.25, -0.2) is 9.97 Å². The van der Waals surface area contributed by atoms with Gasteiger partial charge in [0.1, 0.15) is 22.9 Å². The van der Waals surface area contributed by atoms with Crippen LogP contribution in [0.3, 0.4) is 0 Å². The molecule has 0 unspecified atom stereocenters. The topological polar surface area (TPSA) is 64.2 Å². The number of aryl methyl sites for hydroxylation is 3. The summed E-state index contributed by atoms with van der Waals surface area (Å²) in [5.41, 5.74) is 7.09. The molecule has 0 radical (unpaired) electrons. The van der Waals surface area contributed by atoms with Gasteiger partial charge in [-0.1, -0.05) is 42.0 Å². The van der Waals surface area contributed by atoms with Crippen LogP contribution in [-0.4, -0.2) is 24.8 Å². The lowest BCUT2D eigenvalue weighted by Crippen LogP contribution is -2.26. The minimum atomic E-state index is -0.172. The van der Waals surface area contributed by atoms with Gasteiger partial charge in [-0.2, -0.15) is 0 Å². The number of rotatable bonds is 5. The molecule has 0 aliphatic heterocycles. The highest BCUT2D eigenvalue weighted by Gasteiger charge is 2.21. The van der Waals surface area contributed by atoms with Crippen LogP contribution < -0.4 is 5.32 Å². The molecule has 3 aromatic heterocycles. The number of carbonyl (C=O) groups is 1. The third kappa shape index (κ3) is 3.43. The number of benzene rings is 2. The molecule has 6 heteroatoms. The predicted octanol–water partition coefficient (Wildman–Crippen LogP) is 4.92. The van der Waals surface area contributed by atoms with Gasteiger partial charge in [0.25, 0.3) is 5.91 Å². The molecular weight excluding hydrogens is 398 g/mol. The quantitative estimate of drug-likeness (QED) is 0.436.